The number of amides is 1. The number of carbonyl (C=O) groups excluding carboxylic acids is 1. The molecule has 0 aliphatic carbocycles. The minimum Gasteiger partial charge on any atom is -0.394 e. The van der Waals surface area contributed by atoms with Gasteiger partial charge in [-0.05, 0) is 0 Å². The van der Waals surface area contributed by atoms with Gasteiger partial charge in [-0.15, -0.1) is 0 Å². The molecule has 25 heavy (non-hydrogen) atoms. The maximum atomic E-state index is 11.4. The number of aliphatic hydroxyl groups excluding tert-OH is 5. The molecule has 0 aromatic rings. The largest absolute Gasteiger partial charge is 0.394 e. The van der Waals surface area contributed by atoms with E-state index in [1.54, 1.807) is 0 Å². The van der Waals surface area contributed by atoms with E-state index < -0.39 is 74.4 Å². The molecular formula is C14H25NO10. The third kappa shape index (κ3) is 4.45. The molecular weight excluding hydrogens is 342 g/mol. The van der Waals surface area contributed by atoms with Gasteiger partial charge in [0.25, 0.3) is 0 Å². The lowest BCUT2D eigenvalue weighted by molar-refractivity contribution is -0.328. The molecule has 11 nitrogen and oxygen atoms in total. The van der Waals surface area contributed by atoms with Crippen LogP contribution in [0.15, 0.2) is 0 Å². The third-order valence-corrected chi connectivity index (χ3v) is 4.27. The van der Waals surface area contributed by atoms with Gasteiger partial charge in [0, 0.05) is 13.3 Å². The van der Waals surface area contributed by atoms with E-state index in [0.717, 1.165) is 6.92 Å². The second-order valence-corrected chi connectivity index (χ2v) is 6.27. The van der Waals surface area contributed by atoms with Crippen molar-refractivity contribution in [3.8, 4) is 0 Å². The molecule has 2 fully saturated rings. The highest BCUT2D eigenvalue weighted by Crippen LogP contribution is 2.30. The molecule has 146 valence electrons. The van der Waals surface area contributed by atoms with Crippen LogP contribution in [0.3, 0.4) is 0 Å². The number of ether oxygens (including phenoxy) is 3. The van der Waals surface area contributed by atoms with E-state index >= 15 is 0 Å². The molecule has 8 atom stereocenters. The van der Waals surface area contributed by atoms with Gasteiger partial charge in [0.1, 0.15) is 30.5 Å². The first-order chi connectivity index (χ1) is 11.7. The Bertz CT molecular complexity index is 465. The molecule has 11 heteroatoms. The van der Waals surface area contributed by atoms with Crippen LogP contribution in [-0.4, -0.2) is 105 Å². The van der Waals surface area contributed by atoms with Crippen LogP contribution in [0.25, 0.3) is 0 Å². The third-order valence-electron chi connectivity index (χ3n) is 4.27. The topological polar surface area (TPSA) is 178 Å². The monoisotopic (exact) mass is 367 g/mol. The quantitative estimate of drug-likeness (QED) is 0.235. The van der Waals surface area contributed by atoms with Crippen molar-refractivity contribution in [2.24, 2.45) is 0 Å². The number of carbonyl (C=O) groups is 1. The van der Waals surface area contributed by atoms with Crippen LogP contribution < -0.4 is 5.32 Å². The van der Waals surface area contributed by atoms with Gasteiger partial charge in [-0.25, -0.2) is 0 Å². The van der Waals surface area contributed by atoms with Gasteiger partial charge in [0.05, 0.1) is 25.9 Å². The van der Waals surface area contributed by atoms with Crippen molar-refractivity contribution < 1.29 is 49.6 Å². The Kier molecular flexibility index (Phi) is 6.70. The molecule has 7 N–H and O–H groups in total. The smallest absolute Gasteiger partial charge is 0.219 e. The average Bonchev–Trinajstić information content (AvgIpc) is 2.54. The summed E-state index contributed by atoms with van der Waals surface area (Å²) >= 11 is 0. The van der Waals surface area contributed by atoms with E-state index in [-0.39, 0.29) is 6.42 Å². The first kappa shape index (κ1) is 20.4. The molecule has 1 amide bonds. The van der Waals surface area contributed by atoms with Crippen molar-refractivity contribution in [3.05, 3.63) is 0 Å². The van der Waals surface area contributed by atoms with E-state index in [9.17, 15) is 35.4 Å². The summed E-state index contributed by atoms with van der Waals surface area (Å²) in [6.45, 7) is -0.438. The Labute approximate surface area is 143 Å². The summed E-state index contributed by atoms with van der Waals surface area (Å²) in [5.74, 6) is -0.609. The standard InChI is InChI=1S/C14H25NO10/c1-6(18)15-14(22)5-23-8(3-16)12(21)13(14)25-10-2-7(19)11(20)9(4-17)24-10/h7-13,16-17,19-22H,2-5H2,1H3,(H,15,18)/t7-,8-,9-,10+,11-,12-,13+,14+/m1/s1. The van der Waals surface area contributed by atoms with Gasteiger partial charge < -0.3 is 50.2 Å². The van der Waals surface area contributed by atoms with Gasteiger partial charge in [-0.2, -0.15) is 0 Å². The second kappa shape index (κ2) is 8.20. The van der Waals surface area contributed by atoms with Crippen LogP contribution >= 0.6 is 0 Å². The van der Waals surface area contributed by atoms with Crippen molar-refractivity contribution in [1.82, 2.24) is 5.32 Å². The highest BCUT2D eigenvalue weighted by atomic mass is 16.7. The van der Waals surface area contributed by atoms with E-state index in [0.29, 0.717) is 0 Å². The van der Waals surface area contributed by atoms with Crippen LogP contribution in [0.4, 0.5) is 0 Å². The zero-order valence-corrected chi connectivity index (χ0v) is 13.7. The van der Waals surface area contributed by atoms with Crippen molar-refractivity contribution in [2.45, 2.75) is 62.0 Å². The van der Waals surface area contributed by atoms with Crippen LogP contribution in [0.2, 0.25) is 0 Å². The van der Waals surface area contributed by atoms with Crippen LogP contribution in [0.1, 0.15) is 13.3 Å². The number of hydrogen-bond donors (Lipinski definition) is 7. The zero-order valence-electron chi connectivity index (χ0n) is 13.7. The second-order valence-electron chi connectivity index (χ2n) is 6.27. The SMILES string of the molecule is CC(=O)N[C@]1(O)CO[C@H](CO)[C@@H](O)[C@@H]1O[C@H]1C[C@@H](O)[C@@H](O)[C@@H](CO)O1. The lowest BCUT2D eigenvalue weighted by atomic mass is 9.94. The predicted octanol–water partition coefficient (Wildman–Crippen LogP) is -4.22. The molecule has 2 aliphatic rings. The molecule has 0 bridgehead atoms. The Hall–Kier alpha value is -0.890. The van der Waals surface area contributed by atoms with Crippen LogP contribution in [0, 0.1) is 0 Å². The first-order valence-corrected chi connectivity index (χ1v) is 7.91. The summed E-state index contributed by atoms with van der Waals surface area (Å²) in [5, 5.41) is 61.2. The molecule has 0 saturated carbocycles. The number of nitrogens with one attached hydrogen (secondary N) is 1. The molecule has 2 rings (SSSR count). The van der Waals surface area contributed by atoms with Crippen molar-refractivity contribution in [2.75, 3.05) is 19.8 Å². The first-order valence-electron chi connectivity index (χ1n) is 7.91. The molecule has 2 saturated heterocycles. The molecule has 2 aliphatic heterocycles. The van der Waals surface area contributed by atoms with E-state index in [1.807, 2.05) is 0 Å². The molecule has 0 unspecified atom stereocenters. The lowest BCUT2D eigenvalue weighted by Crippen LogP contribution is -2.70. The van der Waals surface area contributed by atoms with Crippen molar-refractivity contribution >= 4 is 5.91 Å². The number of hydrogen-bond acceptors (Lipinski definition) is 10. The van der Waals surface area contributed by atoms with Gasteiger partial charge in [0.15, 0.2) is 12.0 Å². The Balaban J connectivity index is 2.17. The highest BCUT2D eigenvalue weighted by molar-refractivity contribution is 5.73. The fourth-order valence-electron chi connectivity index (χ4n) is 2.98. The molecule has 2 heterocycles. The molecule has 0 aromatic carbocycles. The summed E-state index contributed by atoms with van der Waals surface area (Å²) in [5.41, 5.74) is -2.10. The van der Waals surface area contributed by atoms with Gasteiger partial charge >= 0.3 is 0 Å². The average molecular weight is 367 g/mol. The summed E-state index contributed by atoms with van der Waals surface area (Å²) < 4.78 is 16.0. The van der Waals surface area contributed by atoms with Gasteiger partial charge in [-0.1, -0.05) is 0 Å². The highest BCUT2D eigenvalue weighted by Gasteiger charge is 2.52. The number of aliphatic hydroxyl groups is 6. The minimum absolute atomic E-state index is 0.193. The summed E-state index contributed by atoms with van der Waals surface area (Å²) in [6.07, 6.45) is -9.10. The molecule has 0 aromatic heterocycles. The summed E-state index contributed by atoms with van der Waals surface area (Å²) in [6, 6.07) is 0. The predicted molar refractivity (Wildman–Crippen MR) is 78.8 cm³/mol. The van der Waals surface area contributed by atoms with Crippen LogP contribution in [0.5, 0.6) is 0 Å². The van der Waals surface area contributed by atoms with Gasteiger partial charge in [-0.3, -0.25) is 4.79 Å². The summed E-state index contributed by atoms with van der Waals surface area (Å²) in [4.78, 5) is 11.4. The van der Waals surface area contributed by atoms with E-state index in [1.165, 1.54) is 0 Å². The van der Waals surface area contributed by atoms with Crippen molar-refractivity contribution in [3.63, 3.8) is 0 Å². The Morgan fingerprint density at radius 3 is 2.40 bits per heavy atom. The zero-order chi connectivity index (χ0) is 18.8. The number of rotatable bonds is 5. The molecule has 0 spiro atoms. The van der Waals surface area contributed by atoms with Crippen molar-refractivity contribution in [1.29, 1.82) is 0 Å². The fraction of sp³-hybridized carbons (Fsp3) is 0.929. The van der Waals surface area contributed by atoms with Crippen LogP contribution in [-0.2, 0) is 19.0 Å². The normalized spacial score (nSPS) is 45.2. The van der Waals surface area contributed by atoms with E-state index in [4.69, 9.17) is 14.2 Å². The Morgan fingerprint density at radius 2 is 1.84 bits per heavy atom. The maximum absolute atomic E-state index is 11.4. The molecule has 0 radical (unpaired) electrons. The fourth-order valence-corrected chi connectivity index (χ4v) is 2.98. The maximum Gasteiger partial charge on any atom is 0.219 e. The lowest BCUT2D eigenvalue weighted by Gasteiger charge is -2.47. The van der Waals surface area contributed by atoms with E-state index in [2.05, 4.69) is 5.32 Å². The minimum atomic E-state index is -2.10. The van der Waals surface area contributed by atoms with Gasteiger partial charge in [0.2, 0.25) is 5.91 Å². The summed E-state index contributed by atoms with van der Waals surface area (Å²) in [7, 11) is 0. The Morgan fingerprint density at radius 1 is 1.20 bits per heavy atom.